The highest BCUT2D eigenvalue weighted by Crippen LogP contribution is 2.50. The van der Waals surface area contributed by atoms with Crippen LogP contribution in [0.25, 0.3) is 5.76 Å². The number of carbonyl (C=O) groups excluding carboxylic acids is 1. The van der Waals surface area contributed by atoms with Gasteiger partial charge < -0.3 is 29.0 Å². The summed E-state index contributed by atoms with van der Waals surface area (Å²) in [6, 6.07) is 10.7. The van der Waals surface area contributed by atoms with E-state index in [-0.39, 0.29) is 34.0 Å². The van der Waals surface area contributed by atoms with Crippen LogP contribution >= 0.6 is 0 Å². The van der Waals surface area contributed by atoms with Crippen LogP contribution in [0.2, 0.25) is 18.1 Å². The highest BCUT2D eigenvalue weighted by molar-refractivity contribution is 6.74. The Balaban J connectivity index is 1.62. The second-order valence-electron chi connectivity index (χ2n) is 13.5. The largest absolute Gasteiger partial charge is 0.543 e. The average molecular weight is 574 g/mol. The van der Waals surface area contributed by atoms with Crippen LogP contribution in [0.1, 0.15) is 73.3 Å². The summed E-state index contributed by atoms with van der Waals surface area (Å²) in [4.78, 5) is 17.0. The number of nitrogens with zero attached hydrogens (tertiary/aromatic N) is 1. The van der Waals surface area contributed by atoms with Crippen molar-refractivity contribution in [2.45, 2.75) is 85.9 Å². The van der Waals surface area contributed by atoms with E-state index in [2.05, 4.69) is 73.7 Å². The van der Waals surface area contributed by atoms with Crippen LogP contribution in [0.3, 0.4) is 0 Å². The molecule has 3 rings (SSSR count). The summed E-state index contributed by atoms with van der Waals surface area (Å²) in [5.41, 5.74) is 1.80. The fourth-order valence-electron chi connectivity index (χ4n) is 4.82. The summed E-state index contributed by atoms with van der Waals surface area (Å²) in [5, 5.41) is 19.3. The number of hydrogen-bond acceptors (Lipinski definition) is 7. The van der Waals surface area contributed by atoms with Gasteiger partial charge in [-0.05, 0) is 48.7 Å². The molecule has 1 aromatic carbocycles. The summed E-state index contributed by atoms with van der Waals surface area (Å²) in [5.74, 6) is 0.566. The summed E-state index contributed by atoms with van der Waals surface area (Å²) < 4.78 is 19.7. The molecule has 0 saturated carbocycles. The maximum Gasteiger partial charge on any atom is 0.333 e. The molecule has 222 valence electrons. The van der Waals surface area contributed by atoms with Crippen molar-refractivity contribution in [3.05, 3.63) is 47.5 Å². The zero-order valence-corrected chi connectivity index (χ0v) is 26.6. The molecule has 1 aromatic heterocycles. The molecule has 0 spiro atoms. The number of ether oxygens (including phenoxy) is 2. The summed E-state index contributed by atoms with van der Waals surface area (Å²) in [6.07, 6.45) is 1.38. The van der Waals surface area contributed by atoms with E-state index < -0.39 is 14.3 Å². The number of aromatic hydroxyl groups is 2. The predicted octanol–water partition coefficient (Wildman–Crippen LogP) is 6.92. The Morgan fingerprint density at radius 2 is 1.70 bits per heavy atom. The number of carbonyl (C=O) groups is 1. The first-order valence-corrected chi connectivity index (χ1v) is 16.9. The van der Waals surface area contributed by atoms with E-state index in [1.54, 1.807) is 0 Å². The van der Waals surface area contributed by atoms with E-state index in [0.717, 1.165) is 17.1 Å². The number of aromatic nitrogens is 1. The summed E-state index contributed by atoms with van der Waals surface area (Å²) in [6.45, 7) is 21.6. The molecule has 0 radical (unpaired) electrons. The topological polar surface area (TPSA) is 99.4 Å². The van der Waals surface area contributed by atoms with Crippen molar-refractivity contribution in [1.29, 1.82) is 0 Å². The first-order chi connectivity index (χ1) is 18.4. The summed E-state index contributed by atoms with van der Waals surface area (Å²) in [7, 11) is -1.98. The van der Waals surface area contributed by atoms with Gasteiger partial charge in [0.05, 0.1) is 13.2 Å². The van der Waals surface area contributed by atoms with Gasteiger partial charge in [-0.3, -0.25) is 0 Å². The molecule has 0 fully saturated rings. The number of hydrogen-bond donors (Lipinski definition) is 2. The first kappa shape index (κ1) is 31.6. The lowest BCUT2D eigenvalue weighted by atomic mass is 9.70. The van der Waals surface area contributed by atoms with Crippen molar-refractivity contribution in [2.24, 2.45) is 10.8 Å². The third kappa shape index (κ3) is 7.43. The third-order valence-corrected chi connectivity index (χ3v) is 12.2. The van der Waals surface area contributed by atoms with Crippen LogP contribution in [0, 0.1) is 10.8 Å². The van der Waals surface area contributed by atoms with Gasteiger partial charge in [0.1, 0.15) is 11.5 Å². The Labute approximate surface area is 240 Å². The van der Waals surface area contributed by atoms with Crippen molar-refractivity contribution >= 4 is 20.0 Å². The van der Waals surface area contributed by atoms with Gasteiger partial charge >= 0.3 is 5.97 Å². The zero-order chi connectivity index (χ0) is 29.9. The van der Waals surface area contributed by atoms with Gasteiger partial charge in [0.25, 0.3) is 0 Å². The molecular formula is C31H47NO7Si. The van der Waals surface area contributed by atoms with Crippen molar-refractivity contribution in [3.63, 3.8) is 0 Å². The van der Waals surface area contributed by atoms with E-state index in [1.807, 2.05) is 12.1 Å². The summed E-state index contributed by atoms with van der Waals surface area (Å²) >= 11 is 0. The molecule has 1 aliphatic rings. The normalized spacial score (nSPS) is 15.7. The smallest absolute Gasteiger partial charge is 0.333 e. The van der Waals surface area contributed by atoms with E-state index in [1.165, 1.54) is 17.7 Å². The number of rotatable bonds is 12. The molecule has 0 unspecified atom stereocenters. The molecule has 8 nitrogen and oxygen atoms in total. The minimum atomic E-state index is -1.98. The third-order valence-electron chi connectivity index (χ3n) is 7.81. The van der Waals surface area contributed by atoms with Gasteiger partial charge in [-0.15, -0.1) is 4.73 Å². The lowest BCUT2D eigenvalue weighted by Crippen LogP contribution is -2.43. The SMILES string of the molecule is CC(C)(COCCCCC(=O)On1c(O)ccc1O)C1=C(c2cccc(O[Si](C)(C)C(C)(C)C)c2)OCC1(C)C. The highest BCUT2D eigenvalue weighted by atomic mass is 28.4. The molecular weight excluding hydrogens is 526 g/mol. The van der Waals surface area contributed by atoms with Crippen LogP contribution < -0.4 is 9.26 Å². The fraction of sp³-hybridized carbons (Fsp3) is 0.581. The minimum absolute atomic E-state index is 0.105. The maximum absolute atomic E-state index is 12.0. The van der Waals surface area contributed by atoms with Gasteiger partial charge in [-0.1, -0.05) is 60.6 Å². The molecule has 2 heterocycles. The van der Waals surface area contributed by atoms with Gasteiger partial charge in [-0.2, -0.15) is 0 Å². The first-order valence-electron chi connectivity index (χ1n) is 14.0. The van der Waals surface area contributed by atoms with Crippen LogP contribution in [0.4, 0.5) is 0 Å². The second-order valence-corrected chi connectivity index (χ2v) is 18.2. The van der Waals surface area contributed by atoms with Gasteiger partial charge in [0.2, 0.25) is 20.1 Å². The molecule has 2 N–H and O–H groups in total. The van der Waals surface area contributed by atoms with Gasteiger partial charge in [-0.25, -0.2) is 4.79 Å². The Morgan fingerprint density at radius 1 is 1.05 bits per heavy atom. The lowest BCUT2D eigenvalue weighted by molar-refractivity contribution is -0.145. The number of unbranched alkanes of at least 4 members (excludes halogenated alkanes) is 1. The van der Waals surface area contributed by atoms with Crippen LogP contribution in [-0.2, 0) is 14.3 Å². The number of benzene rings is 1. The molecule has 0 aliphatic carbocycles. The molecule has 2 aromatic rings. The quantitative estimate of drug-likeness (QED) is 0.210. The second kappa shape index (κ2) is 11.9. The predicted molar refractivity (Wildman–Crippen MR) is 159 cm³/mol. The Bertz CT molecular complexity index is 1200. The van der Waals surface area contributed by atoms with Gasteiger partial charge in [0, 0.05) is 41.6 Å². The molecule has 0 atom stereocenters. The Kier molecular flexibility index (Phi) is 9.41. The van der Waals surface area contributed by atoms with Crippen molar-refractivity contribution in [3.8, 4) is 17.5 Å². The molecule has 0 saturated heterocycles. The fourth-order valence-corrected chi connectivity index (χ4v) is 5.84. The van der Waals surface area contributed by atoms with Crippen LogP contribution in [0.5, 0.6) is 17.5 Å². The highest BCUT2D eigenvalue weighted by Gasteiger charge is 2.44. The van der Waals surface area contributed by atoms with Crippen molar-refractivity contribution in [2.75, 3.05) is 19.8 Å². The molecule has 0 bridgehead atoms. The Morgan fingerprint density at radius 3 is 2.33 bits per heavy atom. The van der Waals surface area contributed by atoms with E-state index in [0.29, 0.717) is 37.4 Å². The van der Waals surface area contributed by atoms with Crippen LogP contribution in [0.15, 0.2) is 42.0 Å². The van der Waals surface area contributed by atoms with Crippen LogP contribution in [-0.4, -0.2) is 49.1 Å². The lowest BCUT2D eigenvalue weighted by Gasteiger charge is -2.36. The van der Waals surface area contributed by atoms with E-state index in [9.17, 15) is 15.0 Å². The molecule has 1 aliphatic heterocycles. The van der Waals surface area contributed by atoms with E-state index >= 15 is 0 Å². The van der Waals surface area contributed by atoms with Crippen molar-refractivity contribution < 1.29 is 33.7 Å². The molecule has 9 heteroatoms. The standard InChI is InChI=1S/C31H47NO7Si/c1-29(2,3)40(8,9)39-23-14-12-13-22(19-23)27-28(31(6,7)21-37-27)30(4,5)20-36-18-11-10-15-26(35)38-32-24(33)16-17-25(32)34/h12-14,16-17,19,33-34H,10-11,15,18,20-21H2,1-9H3. The maximum atomic E-state index is 12.0. The zero-order valence-electron chi connectivity index (χ0n) is 25.6. The van der Waals surface area contributed by atoms with E-state index in [4.69, 9.17) is 18.7 Å². The van der Waals surface area contributed by atoms with Crippen molar-refractivity contribution in [1.82, 2.24) is 4.73 Å². The van der Waals surface area contributed by atoms with Gasteiger partial charge in [0.15, 0.2) is 0 Å². The monoisotopic (exact) mass is 573 g/mol. The average Bonchev–Trinajstić information content (AvgIpc) is 3.33. The minimum Gasteiger partial charge on any atom is -0.543 e. The molecule has 0 amide bonds. The molecule has 40 heavy (non-hydrogen) atoms. The Hall–Kier alpha value is -2.91.